The fourth-order valence-electron chi connectivity index (χ4n) is 4.40. The summed E-state index contributed by atoms with van der Waals surface area (Å²) in [5.41, 5.74) is 1.50. The van der Waals surface area contributed by atoms with E-state index in [9.17, 15) is 9.59 Å². The molecule has 0 saturated carbocycles. The third kappa shape index (κ3) is 4.31. The second-order valence-electron chi connectivity index (χ2n) is 7.99. The predicted molar refractivity (Wildman–Crippen MR) is 110 cm³/mol. The average Bonchev–Trinajstić information content (AvgIpc) is 3.41. The molecule has 156 valence electrons. The monoisotopic (exact) mass is 399 g/mol. The summed E-state index contributed by atoms with van der Waals surface area (Å²) in [6, 6.07) is 7.59. The van der Waals surface area contributed by atoms with E-state index < -0.39 is 0 Å². The molecule has 3 heterocycles. The highest BCUT2D eigenvalue weighted by atomic mass is 16.5. The van der Waals surface area contributed by atoms with Crippen LogP contribution in [0.1, 0.15) is 41.8 Å². The SMILES string of the molecule is COCc1c(C(=O)N2CCCC(CNC(=O)C3CCCN3)C2)oc2ccccc12. The van der Waals surface area contributed by atoms with E-state index >= 15 is 0 Å². The summed E-state index contributed by atoms with van der Waals surface area (Å²) < 4.78 is 11.2. The molecule has 0 bridgehead atoms. The van der Waals surface area contributed by atoms with Gasteiger partial charge in [0.1, 0.15) is 5.58 Å². The van der Waals surface area contributed by atoms with Gasteiger partial charge in [0.25, 0.3) is 5.91 Å². The van der Waals surface area contributed by atoms with Crippen LogP contribution in [0.15, 0.2) is 28.7 Å². The zero-order chi connectivity index (χ0) is 20.2. The fourth-order valence-corrected chi connectivity index (χ4v) is 4.40. The lowest BCUT2D eigenvalue weighted by molar-refractivity contribution is -0.123. The molecule has 0 spiro atoms. The highest BCUT2D eigenvalue weighted by Gasteiger charge is 2.30. The van der Waals surface area contributed by atoms with Crippen molar-refractivity contribution in [3.63, 3.8) is 0 Å². The number of carbonyl (C=O) groups is 2. The van der Waals surface area contributed by atoms with Gasteiger partial charge in [-0.05, 0) is 44.2 Å². The molecule has 2 N–H and O–H groups in total. The van der Waals surface area contributed by atoms with Crippen molar-refractivity contribution < 1.29 is 18.7 Å². The van der Waals surface area contributed by atoms with Crippen molar-refractivity contribution in [2.75, 3.05) is 33.3 Å². The van der Waals surface area contributed by atoms with Gasteiger partial charge in [-0.25, -0.2) is 0 Å². The van der Waals surface area contributed by atoms with Gasteiger partial charge in [0, 0.05) is 37.7 Å². The van der Waals surface area contributed by atoms with Crippen molar-refractivity contribution in [2.24, 2.45) is 5.92 Å². The quantitative estimate of drug-likeness (QED) is 0.779. The number of hydrogen-bond acceptors (Lipinski definition) is 5. The molecule has 4 rings (SSSR count). The number of methoxy groups -OCH3 is 1. The van der Waals surface area contributed by atoms with E-state index in [2.05, 4.69) is 10.6 Å². The Kier molecular flexibility index (Phi) is 6.16. The molecule has 29 heavy (non-hydrogen) atoms. The van der Waals surface area contributed by atoms with Crippen LogP contribution < -0.4 is 10.6 Å². The van der Waals surface area contributed by atoms with Gasteiger partial charge in [0.2, 0.25) is 5.91 Å². The molecule has 7 nitrogen and oxygen atoms in total. The molecule has 7 heteroatoms. The summed E-state index contributed by atoms with van der Waals surface area (Å²) in [6.07, 6.45) is 3.88. The lowest BCUT2D eigenvalue weighted by Gasteiger charge is -2.32. The normalized spacial score (nSPS) is 22.2. The molecule has 2 amide bonds. The second-order valence-corrected chi connectivity index (χ2v) is 7.99. The first-order valence-electron chi connectivity index (χ1n) is 10.5. The van der Waals surface area contributed by atoms with Gasteiger partial charge in [0.05, 0.1) is 12.6 Å². The van der Waals surface area contributed by atoms with Crippen LogP contribution in [0.4, 0.5) is 0 Å². The fraction of sp³-hybridized carbons (Fsp3) is 0.545. The molecule has 2 aliphatic rings. The number of nitrogens with zero attached hydrogens (tertiary/aromatic N) is 1. The third-order valence-corrected chi connectivity index (χ3v) is 5.93. The van der Waals surface area contributed by atoms with Crippen molar-refractivity contribution in [1.29, 1.82) is 0 Å². The van der Waals surface area contributed by atoms with Gasteiger partial charge in [-0.3, -0.25) is 9.59 Å². The van der Waals surface area contributed by atoms with E-state index in [1.807, 2.05) is 29.2 Å². The number of ether oxygens (including phenoxy) is 1. The predicted octanol–water partition coefficient (Wildman–Crippen LogP) is 2.30. The standard InChI is InChI=1S/C22H29N3O4/c1-28-14-17-16-7-2-3-9-19(16)29-20(17)22(27)25-11-5-6-15(13-25)12-24-21(26)18-8-4-10-23-18/h2-3,7,9,15,18,23H,4-6,8,10-14H2,1H3,(H,24,26). The van der Waals surface area contributed by atoms with Crippen LogP contribution in [0.5, 0.6) is 0 Å². The maximum atomic E-state index is 13.2. The molecular weight excluding hydrogens is 370 g/mol. The molecule has 2 aliphatic heterocycles. The van der Waals surface area contributed by atoms with Crippen LogP contribution in [-0.2, 0) is 16.1 Å². The van der Waals surface area contributed by atoms with Crippen molar-refractivity contribution in [2.45, 2.75) is 38.3 Å². The Balaban J connectivity index is 1.43. The van der Waals surface area contributed by atoms with E-state index in [1.165, 1.54) is 0 Å². The number of carbonyl (C=O) groups excluding carboxylic acids is 2. The number of fused-ring (bicyclic) bond motifs is 1. The number of hydrogen-bond donors (Lipinski definition) is 2. The number of nitrogens with one attached hydrogen (secondary N) is 2. The van der Waals surface area contributed by atoms with Crippen molar-refractivity contribution in [3.8, 4) is 0 Å². The second kappa shape index (κ2) is 8.97. The number of benzene rings is 1. The number of amides is 2. The molecule has 2 aromatic rings. The molecular formula is C22H29N3O4. The lowest BCUT2D eigenvalue weighted by Crippen LogP contribution is -2.46. The van der Waals surface area contributed by atoms with Crippen molar-refractivity contribution in [3.05, 3.63) is 35.6 Å². The minimum atomic E-state index is -0.0956. The van der Waals surface area contributed by atoms with Gasteiger partial charge in [0.15, 0.2) is 5.76 Å². The van der Waals surface area contributed by atoms with Crippen molar-refractivity contribution >= 4 is 22.8 Å². The van der Waals surface area contributed by atoms with Crippen molar-refractivity contribution in [1.82, 2.24) is 15.5 Å². The van der Waals surface area contributed by atoms with Gasteiger partial charge in [-0.1, -0.05) is 18.2 Å². The maximum Gasteiger partial charge on any atom is 0.290 e. The van der Waals surface area contributed by atoms with E-state index in [-0.39, 0.29) is 23.8 Å². The Morgan fingerprint density at radius 1 is 1.28 bits per heavy atom. The lowest BCUT2D eigenvalue weighted by atomic mass is 9.97. The molecule has 2 unspecified atom stereocenters. The number of likely N-dealkylation sites (tertiary alicyclic amines) is 1. The van der Waals surface area contributed by atoms with Gasteiger partial charge < -0.3 is 24.7 Å². The van der Waals surface area contributed by atoms with E-state index in [0.29, 0.717) is 37.6 Å². The van der Waals surface area contributed by atoms with Gasteiger partial charge >= 0.3 is 0 Å². The molecule has 1 aromatic heterocycles. The van der Waals surface area contributed by atoms with Gasteiger partial charge in [-0.15, -0.1) is 0 Å². The number of piperidine rings is 1. The summed E-state index contributed by atoms with van der Waals surface area (Å²) in [4.78, 5) is 27.3. The van der Waals surface area contributed by atoms with Crippen LogP contribution in [0.3, 0.4) is 0 Å². The number of furan rings is 1. The Labute approximate surface area is 170 Å². The maximum absolute atomic E-state index is 13.2. The highest BCUT2D eigenvalue weighted by molar-refractivity contribution is 5.99. The number of rotatable bonds is 6. The summed E-state index contributed by atoms with van der Waals surface area (Å²) >= 11 is 0. The van der Waals surface area contributed by atoms with Crippen LogP contribution >= 0.6 is 0 Å². The smallest absolute Gasteiger partial charge is 0.290 e. The van der Waals surface area contributed by atoms with Crippen LogP contribution in [-0.4, -0.2) is 56.0 Å². The first kappa shape index (κ1) is 19.9. The highest BCUT2D eigenvalue weighted by Crippen LogP contribution is 2.29. The first-order valence-corrected chi connectivity index (χ1v) is 10.5. The molecule has 2 fully saturated rings. The summed E-state index contributed by atoms with van der Waals surface area (Å²) in [7, 11) is 1.62. The minimum absolute atomic E-state index is 0.0662. The first-order chi connectivity index (χ1) is 14.2. The molecule has 2 atom stereocenters. The Bertz CT molecular complexity index is 872. The van der Waals surface area contributed by atoms with Crippen LogP contribution in [0, 0.1) is 5.92 Å². The molecule has 0 radical (unpaired) electrons. The topological polar surface area (TPSA) is 83.8 Å². The molecule has 0 aliphatic carbocycles. The van der Waals surface area contributed by atoms with Crippen LogP contribution in [0.2, 0.25) is 0 Å². The largest absolute Gasteiger partial charge is 0.451 e. The Morgan fingerprint density at radius 2 is 2.14 bits per heavy atom. The zero-order valence-electron chi connectivity index (χ0n) is 16.9. The average molecular weight is 399 g/mol. The minimum Gasteiger partial charge on any atom is -0.451 e. The van der Waals surface area contributed by atoms with E-state index in [1.54, 1.807) is 7.11 Å². The third-order valence-electron chi connectivity index (χ3n) is 5.93. The Morgan fingerprint density at radius 3 is 2.93 bits per heavy atom. The number of para-hydroxylation sites is 1. The zero-order valence-corrected chi connectivity index (χ0v) is 16.9. The summed E-state index contributed by atoms with van der Waals surface area (Å²) in [6.45, 7) is 3.17. The Hall–Kier alpha value is -2.38. The van der Waals surface area contributed by atoms with Crippen LogP contribution in [0.25, 0.3) is 11.0 Å². The summed E-state index contributed by atoms with van der Waals surface area (Å²) in [5.74, 6) is 0.605. The summed E-state index contributed by atoms with van der Waals surface area (Å²) in [5, 5.41) is 7.21. The molecule has 2 saturated heterocycles. The van der Waals surface area contributed by atoms with Gasteiger partial charge in [-0.2, -0.15) is 0 Å². The van der Waals surface area contributed by atoms with E-state index in [4.69, 9.17) is 9.15 Å². The molecule has 1 aromatic carbocycles. The van der Waals surface area contributed by atoms with E-state index in [0.717, 1.165) is 43.2 Å².